The third-order valence-electron chi connectivity index (χ3n) is 5.17. The zero-order chi connectivity index (χ0) is 21.2. The maximum atomic E-state index is 13.0. The Labute approximate surface area is 192 Å². The molecule has 1 saturated heterocycles. The van der Waals surface area contributed by atoms with Gasteiger partial charge in [-0.3, -0.25) is 9.69 Å². The Morgan fingerprint density at radius 3 is 2.58 bits per heavy atom. The van der Waals surface area contributed by atoms with Gasteiger partial charge in [0, 0.05) is 36.1 Å². The van der Waals surface area contributed by atoms with Gasteiger partial charge < -0.3 is 9.42 Å². The Morgan fingerprint density at radius 1 is 1.03 bits per heavy atom. The summed E-state index contributed by atoms with van der Waals surface area (Å²) in [6.45, 7) is 3.51. The number of carbonyl (C=O) groups is 1. The summed E-state index contributed by atoms with van der Waals surface area (Å²) < 4.78 is 5.40. The Hall–Kier alpha value is -2.52. The van der Waals surface area contributed by atoms with E-state index in [1.165, 1.54) is 11.3 Å². The molecule has 4 heterocycles. The molecule has 1 amide bonds. The van der Waals surface area contributed by atoms with Gasteiger partial charge in [-0.05, 0) is 41.3 Å². The minimum absolute atomic E-state index is 0.0858. The molecule has 3 aromatic heterocycles. The van der Waals surface area contributed by atoms with E-state index in [1.54, 1.807) is 11.3 Å². The van der Waals surface area contributed by atoms with Gasteiger partial charge in [-0.2, -0.15) is 4.98 Å². The number of thiophene rings is 2. The molecular weight excluding hydrogens is 452 g/mol. The first-order valence-electron chi connectivity index (χ1n) is 9.89. The smallest absolute Gasteiger partial charge is 0.264 e. The monoisotopic (exact) mass is 470 g/mol. The van der Waals surface area contributed by atoms with Crippen LogP contribution >= 0.6 is 34.3 Å². The summed E-state index contributed by atoms with van der Waals surface area (Å²) in [5.74, 6) is 1.32. The van der Waals surface area contributed by atoms with Crippen LogP contribution in [0.1, 0.15) is 15.6 Å². The molecule has 0 aliphatic carbocycles. The SMILES string of the molecule is O=C(c1ccc(-c2ccc(Cl)cc2)s1)N1CCN(Cc2nc(-c3cccs3)no2)CC1. The van der Waals surface area contributed by atoms with E-state index in [2.05, 4.69) is 15.0 Å². The van der Waals surface area contributed by atoms with Crippen molar-refractivity contribution in [3.05, 3.63) is 69.7 Å². The number of piperazine rings is 1. The number of rotatable bonds is 5. The second-order valence-corrected chi connectivity index (χ2v) is 9.70. The molecule has 9 heteroatoms. The minimum atomic E-state index is 0.0858. The number of carbonyl (C=O) groups excluding carboxylic acids is 1. The number of hydrogen-bond donors (Lipinski definition) is 0. The number of amides is 1. The van der Waals surface area contributed by atoms with Crippen LogP contribution in [0.3, 0.4) is 0 Å². The van der Waals surface area contributed by atoms with E-state index in [0.29, 0.717) is 36.4 Å². The molecule has 5 rings (SSSR count). The molecule has 0 unspecified atom stereocenters. The molecule has 1 aliphatic rings. The Balaban J connectivity index is 1.17. The summed E-state index contributed by atoms with van der Waals surface area (Å²) >= 11 is 9.08. The van der Waals surface area contributed by atoms with Gasteiger partial charge in [-0.25, -0.2) is 0 Å². The normalized spacial score (nSPS) is 14.8. The number of nitrogens with zero attached hydrogens (tertiary/aromatic N) is 4. The van der Waals surface area contributed by atoms with E-state index in [9.17, 15) is 4.79 Å². The molecule has 6 nitrogen and oxygen atoms in total. The van der Waals surface area contributed by atoms with Gasteiger partial charge in [0.2, 0.25) is 11.7 Å². The third kappa shape index (κ3) is 4.57. The maximum Gasteiger partial charge on any atom is 0.264 e. The minimum Gasteiger partial charge on any atom is -0.338 e. The van der Waals surface area contributed by atoms with Crippen molar-refractivity contribution in [2.75, 3.05) is 26.2 Å². The topological polar surface area (TPSA) is 62.5 Å². The van der Waals surface area contributed by atoms with Crippen LogP contribution in [0.5, 0.6) is 0 Å². The van der Waals surface area contributed by atoms with Crippen molar-refractivity contribution >= 4 is 40.2 Å². The quantitative estimate of drug-likeness (QED) is 0.404. The lowest BCUT2D eigenvalue weighted by Gasteiger charge is -2.33. The van der Waals surface area contributed by atoms with Crippen LogP contribution in [0.4, 0.5) is 0 Å². The number of halogens is 1. The highest BCUT2D eigenvalue weighted by Crippen LogP contribution is 2.30. The number of benzene rings is 1. The van der Waals surface area contributed by atoms with Gasteiger partial charge >= 0.3 is 0 Å². The van der Waals surface area contributed by atoms with E-state index in [0.717, 1.165) is 33.3 Å². The standard InChI is InChI=1S/C22H19ClN4O2S2/c23-16-5-3-15(4-6-16)17-7-8-19(31-17)22(28)27-11-9-26(10-12-27)14-20-24-21(25-29-20)18-2-1-13-30-18/h1-8,13H,9-12,14H2. The average molecular weight is 471 g/mol. The second kappa shape index (κ2) is 8.92. The molecule has 1 aromatic carbocycles. The zero-order valence-corrected chi connectivity index (χ0v) is 18.9. The fourth-order valence-corrected chi connectivity index (χ4v) is 5.26. The molecule has 158 valence electrons. The molecule has 1 aliphatic heterocycles. The van der Waals surface area contributed by atoms with E-state index in [-0.39, 0.29) is 5.91 Å². The molecule has 4 aromatic rings. The van der Waals surface area contributed by atoms with Crippen LogP contribution < -0.4 is 0 Å². The first-order chi connectivity index (χ1) is 15.2. The first kappa shape index (κ1) is 20.4. The summed E-state index contributed by atoms with van der Waals surface area (Å²) in [7, 11) is 0. The van der Waals surface area contributed by atoms with Crippen molar-refractivity contribution in [1.29, 1.82) is 0 Å². The molecule has 0 N–H and O–H groups in total. The van der Waals surface area contributed by atoms with Crippen LogP contribution in [0.25, 0.3) is 21.1 Å². The van der Waals surface area contributed by atoms with Gasteiger partial charge in [0.15, 0.2) is 0 Å². The van der Waals surface area contributed by atoms with E-state index >= 15 is 0 Å². The molecule has 0 radical (unpaired) electrons. The molecule has 0 bridgehead atoms. The summed E-state index contributed by atoms with van der Waals surface area (Å²) in [5, 5.41) is 6.77. The molecular formula is C22H19ClN4O2S2. The van der Waals surface area contributed by atoms with Crippen LogP contribution in [0.2, 0.25) is 5.02 Å². The highest BCUT2D eigenvalue weighted by Gasteiger charge is 2.24. The number of aromatic nitrogens is 2. The lowest BCUT2D eigenvalue weighted by Crippen LogP contribution is -2.48. The van der Waals surface area contributed by atoms with Gasteiger partial charge in [0.05, 0.1) is 16.3 Å². The van der Waals surface area contributed by atoms with E-state index < -0.39 is 0 Å². The summed E-state index contributed by atoms with van der Waals surface area (Å²) in [6.07, 6.45) is 0. The third-order valence-corrected chi connectivity index (χ3v) is 7.41. The Morgan fingerprint density at radius 2 is 1.84 bits per heavy atom. The lowest BCUT2D eigenvalue weighted by atomic mass is 10.2. The van der Waals surface area contributed by atoms with Crippen LogP contribution in [0.15, 0.2) is 58.4 Å². The van der Waals surface area contributed by atoms with Crippen molar-refractivity contribution in [3.63, 3.8) is 0 Å². The fraction of sp³-hybridized carbons (Fsp3) is 0.227. The number of hydrogen-bond acceptors (Lipinski definition) is 7. The molecule has 0 saturated carbocycles. The highest BCUT2D eigenvalue weighted by molar-refractivity contribution is 7.17. The first-order valence-corrected chi connectivity index (χ1v) is 12.0. The van der Waals surface area contributed by atoms with Gasteiger partial charge in [0.25, 0.3) is 5.91 Å². The van der Waals surface area contributed by atoms with Gasteiger partial charge in [0.1, 0.15) is 0 Å². The predicted molar refractivity (Wildman–Crippen MR) is 124 cm³/mol. The van der Waals surface area contributed by atoms with Crippen LogP contribution in [-0.2, 0) is 6.54 Å². The van der Waals surface area contributed by atoms with Crippen molar-refractivity contribution in [1.82, 2.24) is 19.9 Å². The maximum absolute atomic E-state index is 13.0. The van der Waals surface area contributed by atoms with Crippen molar-refractivity contribution in [2.24, 2.45) is 0 Å². The van der Waals surface area contributed by atoms with Crippen molar-refractivity contribution < 1.29 is 9.32 Å². The van der Waals surface area contributed by atoms with Gasteiger partial charge in [-0.15, -0.1) is 22.7 Å². The molecule has 0 atom stereocenters. The molecule has 1 fully saturated rings. The van der Waals surface area contributed by atoms with Gasteiger partial charge in [-0.1, -0.05) is 35.0 Å². The van der Waals surface area contributed by atoms with Crippen molar-refractivity contribution in [3.8, 4) is 21.1 Å². The summed E-state index contributed by atoms with van der Waals surface area (Å²) in [5.41, 5.74) is 1.07. The van der Waals surface area contributed by atoms with E-state index in [1.807, 2.05) is 58.8 Å². The average Bonchev–Trinajstić information content (AvgIpc) is 3.56. The highest BCUT2D eigenvalue weighted by atomic mass is 35.5. The van der Waals surface area contributed by atoms with E-state index in [4.69, 9.17) is 16.1 Å². The van der Waals surface area contributed by atoms with Crippen LogP contribution in [-0.4, -0.2) is 52.0 Å². The second-order valence-electron chi connectivity index (χ2n) is 7.23. The van der Waals surface area contributed by atoms with Crippen LogP contribution in [0, 0.1) is 0 Å². The summed E-state index contributed by atoms with van der Waals surface area (Å²) in [4.78, 5) is 24.4. The fourth-order valence-electron chi connectivity index (χ4n) is 3.50. The molecule has 0 spiro atoms. The Kier molecular flexibility index (Phi) is 5.87. The Bertz CT molecular complexity index is 1160. The van der Waals surface area contributed by atoms with Crippen molar-refractivity contribution in [2.45, 2.75) is 6.54 Å². The largest absolute Gasteiger partial charge is 0.338 e. The lowest BCUT2D eigenvalue weighted by molar-refractivity contribution is 0.0620. The summed E-state index contributed by atoms with van der Waals surface area (Å²) in [6, 6.07) is 15.5. The predicted octanol–water partition coefficient (Wildman–Crippen LogP) is 5.14. The zero-order valence-electron chi connectivity index (χ0n) is 16.5. The molecule has 31 heavy (non-hydrogen) atoms.